The zero-order chi connectivity index (χ0) is 13.1. The lowest BCUT2D eigenvalue weighted by Crippen LogP contribution is -2.10. The maximum absolute atomic E-state index is 13.7. The quantitative estimate of drug-likeness (QED) is 0.841. The van der Waals surface area contributed by atoms with Crippen LogP contribution in [0.4, 0.5) is 4.39 Å². The molecule has 0 radical (unpaired) electrons. The summed E-state index contributed by atoms with van der Waals surface area (Å²) in [6, 6.07) is 4.34. The summed E-state index contributed by atoms with van der Waals surface area (Å²) in [5.41, 5.74) is 5.87. The van der Waals surface area contributed by atoms with Gasteiger partial charge in [0, 0.05) is 12.6 Å². The van der Waals surface area contributed by atoms with Crippen LogP contribution >= 0.6 is 12.2 Å². The lowest BCUT2D eigenvalue weighted by Gasteiger charge is -2.07. The highest BCUT2D eigenvalue weighted by Crippen LogP contribution is 2.19. The van der Waals surface area contributed by atoms with E-state index in [1.165, 1.54) is 18.5 Å². The molecule has 2 rings (SSSR count). The second kappa shape index (κ2) is 5.09. The van der Waals surface area contributed by atoms with E-state index in [-0.39, 0.29) is 17.3 Å². The molecule has 94 valence electrons. The molecule has 5 nitrogen and oxygen atoms in total. The third-order valence-electron chi connectivity index (χ3n) is 2.38. The molecule has 0 unspecified atom stereocenters. The van der Waals surface area contributed by atoms with E-state index in [2.05, 4.69) is 10.1 Å². The van der Waals surface area contributed by atoms with Gasteiger partial charge in [0.15, 0.2) is 17.4 Å². The fraction of sp³-hybridized carbons (Fsp3) is 0.182. The molecule has 1 aromatic carbocycles. The highest BCUT2D eigenvalue weighted by Gasteiger charge is 2.08. The molecular weight excluding hydrogens is 255 g/mol. The molecule has 2 N–H and O–H groups in total. The highest BCUT2D eigenvalue weighted by atomic mass is 32.1. The minimum absolute atomic E-state index is 0.123. The van der Waals surface area contributed by atoms with Crippen LogP contribution in [0.2, 0.25) is 0 Å². The second-order valence-corrected chi connectivity index (χ2v) is 4.04. The van der Waals surface area contributed by atoms with Gasteiger partial charge in [0.2, 0.25) is 0 Å². The Balaban J connectivity index is 2.11. The van der Waals surface area contributed by atoms with Crippen LogP contribution in [0.15, 0.2) is 24.5 Å². The van der Waals surface area contributed by atoms with Crippen LogP contribution < -0.4 is 10.5 Å². The molecule has 2 aromatic rings. The van der Waals surface area contributed by atoms with Crippen molar-refractivity contribution in [3.63, 3.8) is 0 Å². The number of halogens is 1. The number of nitrogens with two attached hydrogens (primary N) is 1. The van der Waals surface area contributed by atoms with Gasteiger partial charge in [-0.15, -0.1) is 0 Å². The van der Waals surface area contributed by atoms with Crippen molar-refractivity contribution >= 4 is 17.2 Å². The molecular formula is C11H11FN4OS. The van der Waals surface area contributed by atoms with Gasteiger partial charge in [0.05, 0.1) is 0 Å². The number of hydrogen-bond donors (Lipinski definition) is 1. The van der Waals surface area contributed by atoms with Crippen LogP contribution in [-0.2, 0) is 13.7 Å². The van der Waals surface area contributed by atoms with Gasteiger partial charge in [-0.05, 0) is 18.2 Å². The van der Waals surface area contributed by atoms with Crippen LogP contribution in [0.1, 0.15) is 11.4 Å². The van der Waals surface area contributed by atoms with Gasteiger partial charge in [0.1, 0.15) is 17.9 Å². The minimum Gasteiger partial charge on any atom is -0.483 e. The topological polar surface area (TPSA) is 66.0 Å². The van der Waals surface area contributed by atoms with E-state index in [0.717, 1.165) is 0 Å². The third-order valence-corrected chi connectivity index (χ3v) is 2.61. The highest BCUT2D eigenvalue weighted by molar-refractivity contribution is 7.80. The molecule has 0 spiro atoms. The zero-order valence-corrected chi connectivity index (χ0v) is 10.4. The summed E-state index contributed by atoms with van der Waals surface area (Å²) in [5.74, 6) is 0.216. The Morgan fingerprint density at radius 1 is 1.56 bits per heavy atom. The van der Waals surface area contributed by atoms with Crippen molar-refractivity contribution in [2.75, 3.05) is 0 Å². The molecule has 0 amide bonds. The van der Waals surface area contributed by atoms with Crippen LogP contribution in [0.3, 0.4) is 0 Å². The van der Waals surface area contributed by atoms with Crippen molar-refractivity contribution in [3.8, 4) is 5.75 Å². The van der Waals surface area contributed by atoms with Crippen LogP contribution in [0.5, 0.6) is 5.75 Å². The summed E-state index contributed by atoms with van der Waals surface area (Å²) in [7, 11) is 1.73. The fourth-order valence-corrected chi connectivity index (χ4v) is 1.49. The maximum Gasteiger partial charge on any atom is 0.165 e. The maximum atomic E-state index is 13.7. The van der Waals surface area contributed by atoms with Gasteiger partial charge in [-0.25, -0.2) is 9.37 Å². The number of hydrogen-bond acceptors (Lipinski definition) is 4. The number of aromatic nitrogens is 3. The SMILES string of the molecule is Cn1ncnc1COc1ccc(C(N)=S)cc1F. The minimum atomic E-state index is -0.512. The van der Waals surface area contributed by atoms with Gasteiger partial charge >= 0.3 is 0 Å². The van der Waals surface area contributed by atoms with E-state index >= 15 is 0 Å². The summed E-state index contributed by atoms with van der Waals surface area (Å²) >= 11 is 4.76. The van der Waals surface area contributed by atoms with Gasteiger partial charge in [0.25, 0.3) is 0 Å². The Hall–Kier alpha value is -2.02. The average Bonchev–Trinajstić information content (AvgIpc) is 2.73. The van der Waals surface area contributed by atoms with Crippen molar-refractivity contribution in [3.05, 3.63) is 41.7 Å². The van der Waals surface area contributed by atoms with Gasteiger partial charge in [-0.3, -0.25) is 4.68 Å². The van der Waals surface area contributed by atoms with E-state index in [4.69, 9.17) is 22.7 Å². The number of benzene rings is 1. The first-order valence-electron chi connectivity index (χ1n) is 5.13. The molecule has 1 heterocycles. The molecule has 0 aliphatic rings. The van der Waals surface area contributed by atoms with Gasteiger partial charge in [-0.2, -0.15) is 5.10 Å². The first kappa shape index (κ1) is 12.4. The summed E-state index contributed by atoms with van der Waals surface area (Å²) in [4.78, 5) is 4.12. The molecule has 0 aliphatic heterocycles. The molecule has 0 aliphatic carbocycles. The smallest absolute Gasteiger partial charge is 0.165 e. The number of rotatable bonds is 4. The lowest BCUT2D eigenvalue weighted by atomic mass is 10.2. The van der Waals surface area contributed by atoms with Gasteiger partial charge < -0.3 is 10.5 Å². The van der Waals surface area contributed by atoms with Crippen molar-refractivity contribution in [1.82, 2.24) is 14.8 Å². The number of nitrogens with zero attached hydrogens (tertiary/aromatic N) is 3. The van der Waals surface area contributed by atoms with E-state index in [9.17, 15) is 4.39 Å². The first-order chi connectivity index (χ1) is 8.58. The number of thiocarbonyl (C=S) groups is 1. The second-order valence-electron chi connectivity index (χ2n) is 3.60. The average molecular weight is 266 g/mol. The molecule has 0 saturated heterocycles. The van der Waals surface area contributed by atoms with Crippen LogP contribution in [0.25, 0.3) is 0 Å². The Morgan fingerprint density at radius 2 is 2.33 bits per heavy atom. The molecule has 18 heavy (non-hydrogen) atoms. The van der Waals surface area contributed by atoms with Crippen molar-refractivity contribution < 1.29 is 9.13 Å². The Labute approximate surface area is 108 Å². The predicted octanol–water partition coefficient (Wildman–Crippen LogP) is 1.17. The summed E-state index contributed by atoms with van der Waals surface area (Å²) in [6.07, 6.45) is 1.41. The first-order valence-corrected chi connectivity index (χ1v) is 5.54. The summed E-state index contributed by atoms with van der Waals surface area (Å²) in [5, 5.41) is 3.89. The Bertz CT molecular complexity index is 584. The normalized spacial score (nSPS) is 10.3. The fourth-order valence-electron chi connectivity index (χ4n) is 1.36. The predicted molar refractivity (Wildman–Crippen MR) is 67.6 cm³/mol. The summed E-state index contributed by atoms with van der Waals surface area (Å²) < 4.78 is 20.5. The van der Waals surface area contributed by atoms with E-state index in [0.29, 0.717) is 11.4 Å². The molecule has 7 heteroatoms. The molecule has 1 aromatic heterocycles. The third kappa shape index (κ3) is 2.62. The molecule has 0 saturated carbocycles. The summed E-state index contributed by atoms with van der Waals surface area (Å²) in [6.45, 7) is 0.139. The van der Waals surface area contributed by atoms with E-state index in [1.807, 2.05) is 0 Å². The van der Waals surface area contributed by atoms with Crippen molar-refractivity contribution in [2.45, 2.75) is 6.61 Å². The van der Waals surface area contributed by atoms with Gasteiger partial charge in [-0.1, -0.05) is 12.2 Å². The van der Waals surface area contributed by atoms with E-state index < -0.39 is 5.82 Å². The monoisotopic (exact) mass is 266 g/mol. The number of ether oxygens (including phenoxy) is 1. The van der Waals surface area contributed by atoms with Crippen LogP contribution in [-0.4, -0.2) is 19.8 Å². The standard InChI is InChI=1S/C11H11FN4OS/c1-16-10(14-6-15-16)5-17-9-3-2-7(11(13)18)4-8(9)12/h2-4,6H,5H2,1H3,(H2,13,18). The number of aryl methyl sites for hydroxylation is 1. The largest absolute Gasteiger partial charge is 0.483 e. The molecule has 0 fully saturated rings. The van der Waals surface area contributed by atoms with Crippen LogP contribution in [0, 0.1) is 5.82 Å². The molecule has 0 atom stereocenters. The van der Waals surface area contributed by atoms with Crippen molar-refractivity contribution in [1.29, 1.82) is 0 Å². The lowest BCUT2D eigenvalue weighted by molar-refractivity contribution is 0.275. The molecule has 0 bridgehead atoms. The Morgan fingerprint density at radius 3 is 2.89 bits per heavy atom. The van der Waals surface area contributed by atoms with Crippen molar-refractivity contribution in [2.24, 2.45) is 12.8 Å². The zero-order valence-electron chi connectivity index (χ0n) is 9.63. The Kier molecular flexibility index (Phi) is 3.52. The van der Waals surface area contributed by atoms with E-state index in [1.54, 1.807) is 17.8 Å².